The van der Waals surface area contributed by atoms with Crippen molar-refractivity contribution in [2.75, 3.05) is 36.4 Å². The summed E-state index contributed by atoms with van der Waals surface area (Å²) in [4.78, 5) is 12.8. The van der Waals surface area contributed by atoms with Crippen LogP contribution in [0.1, 0.15) is 26.7 Å². The van der Waals surface area contributed by atoms with Gasteiger partial charge in [0.2, 0.25) is 5.95 Å². The quantitative estimate of drug-likeness (QED) is 0.753. The average molecular weight is 385 g/mol. The number of nitrogens with zero attached hydrogens (tertiary/aromatic N) is 3. The highest BCUT2D eigenvalue weighted by atomic mass is 32.1. The molecule has 2 aromatic heterocycles. The van der Waals surface area contributed by atoms with Crippen LogP contribution in [0.3, 0.4) is 0 Å². The minimum atomic E-state index is 0.0383. The van der Waals surface area contributed by atoms with E-state index in [2.05, 4.69) is 58.4 Å². The van der Waals surface area contributed by atoms with Gasteiger partial charge in [0.15, 0.2) is 0 Å². The van der Waals surface area contributed by atoms with Gasteiger partial charge in [0.25, 0.3) is 0 Å². The van der Waals surface area contributed by atoms with Crippen LogP contribution in [0.15, 0.2) is 36.7 Å². The molecule has 2 aromatic rings. The third-order valence-electron chi connectivity index (χ3n) is 5.03. The zero-order valence-electron chi connectivity index (χ0n) is 16.1. The lowest BCUT2D eigenvalue weighted by Gasteiger charge is -2.38. The standard InChI is InChI=1S/C20H28N6S/c1-14-12-15(13-20(2,3)25-14)23-19-22-7-6-16(24-19)17-4-5-18(27-17)26-10-8-21-9-11-26/h4-7,15,21,25H,1,8-13H2,2-3H3,(H,22,23,24). The van der Waals surface area contributed by atoms with Crippen molar-refractivity contribution in [1.29, 1.82) is 0 Å². The van der Waals surface area contributed by atoms with E-state index in [1.807, 2.05) is 12.3 Å². The lowest BCUT2D eigenvalue weighted by atomic mass is 9.88. The second kappa shape index (κ2) is 7.48. The first kappa shape index (κ1) is 18.3. The Balaban J connectivity index is 1.48. The first-order chi connectivity index (χ1) is 13.0. The highest BCUT2D eigenvalue weighted by Crippen LogP contribution is 2.33. The summed E-state index contributed by atoms with van der Waals surface area (Å²) in [6, 6.07) is 6.66. The molecule has 0 amide bonds. The average Bonchev–Trinajstić information content (AvgIpc) is 3.11. The van der Waals surface area contributed by atoms with Crippen LogP contribution in [0.5, 0.6) is 0 Å². The number of aromatic nitrogens is 2. The molecule has 1 atom stereocenters. The summed E-state index contributed by atoms with van der Waals surface area (Å²) in [6.45, 7) is 12.7. The molecule has 2 saturated heterocycles. The topological polar surface area (TPSA) is 65.1 Å². The highest BCUT2D eigenvalue weighted by Gasteiger charge is 2.29. The Morgan fingerprint density at radius 3 is 2.85 bits per heavy atom. The second-order valence-electron chi connectivity index (χ2n) is 8.00. The zero-order chi connectivity index (χ0) is 18.9. The van der Waals surface area contributed by atoms with Crippen LogP contribution < -0.4 is 20.9 Å². The van der Waals surface area contributed by atoms with Gasteiger partial charge in [-0.3, -0.25) is 0 Å². The van der Waals surface area contributed by atoms with E-state index in [0.29, 0.717) is 12.0 Å². The highest BCUT2D eigenvalue weighted by molar-refractivity contribution is 7.19. The van der Waals surface area contributed by atoms with Crippen LogP contribution in [0.25, 0.3) is 10.6 Å². The number of thiophene rings is 1. The molecule has 27 heavy (non-hydrogen) atoms. The third kappa shape index (κ3) is 4.42. The summed E-state index contributed by atoms with van der Waals surface area (Å²) in [5.41, 5.74) is 2.08. The van der Waals surface area contributed by atoms with Crippen LogP contribution in [-0.2, 0) is 0 Å². The van der Waals surface area contributed by atoms with Crippen molar-refractivity contribution >= 4 is 22.3 Å². The maximum atomic E-state index is 4.78. The predicted molar refractivity (Wildman–Crippen MR) is 113 cm³/mol. The number of rotatable bonds is 4. The lowest BCUT2D eigenvalue weighted by Crippen LogP contribution is -2.48. The SMILES string of the molecule is C=C1CC(Nc2nccc(-c3ccc(N4CCNCC4)s3)n2)CC(C)(C)N1. The Bertz CT molecular complexity index is 808. The number of piperazine rings is 1. The Kier molecular flexibility index (Phi) is 5.06. The number of anilines is 2. The van der Waals surface area contributed by atoms with Crippen molar-refractivity contribution in [2.45, 2.75) is 38.3 Å². The molecule has 0 aliphatic carbocycles. The molecule has 0 bridgehead atoms. The van der Waals surface area contributed by atoms with Crippen LogP contribution in [0, 0.1) is 0 Å². The van der Waals surface area contributed by atoms with Crippen LogP contribution in [-0.4, -0.2) is 47.7 Å². The van der Waals surface area contributed by atoms with Gasteiger partial charge in [-0.05, 0) is 38.5 Å². The Morgan fingerprint density at radius 1 is 1.26 bits per heavy atom. The van der Waals surface area contributed by atoms with E-state index < -0.39 is 0 Å². The van der Waals surface area contributed by atoms with E-state index >= 15 is 0 Å². The van der Waals surface area contributed by atoms with Crippen molar-refractivity contribution in [1.82, 2.24) is 20.6 Å². The van der Waals surface area contributed by atoms with E-state index in [-0.39, 0.29) is 5.54 Å². The summed E-state index contributed by atoms with van der Waals surface area (Å²) in [6.07, 6.45) is 3.74. The summed E-state index contributed by atoms with van der Waals surface area (Å²) < 4.78 is 0. The number of piperidine rings is 1. The van der Waals surface area contributed by atoms with E-state index in [1.54, 1.807) is 11.3 Å². The Morgan fingerprint density at radius 2 is 2.07 bits per heavy atom. The van der Waals surface area contributed by atoms with Gasteiger partial charge in [-0.1, -0.05) is 6.58 Å². The molecule has 2 aliphatic rings. The molecule has 0 radical (unpaired) electrons. The van der Waals surface area contributed by atoms with E-state index in [9.17, 15) is 0 Å². The first-order valence-electron chi connectivity index (χ1n) is 9.60. The molecule has 6 nitrogen and oxygen atoms in total. The maximum Gasteiger partial charge on any atom is 0.223 e. The van der Waals surface area contributed by atoms with Crippen LogP contribution in [0.2, 0.25) is 0 Å². The summed E-state index contributed by atoms with van der Waals surface area (Å²) in [7, 11) is 0. The second-order valence-corrected chi connectivity index (χ2v) is 9.06. The van der Waals surface area contributed by atoms with Gasteiger partial charge in [-0.15, -0.1) is 11.3 Å². The number of hydrogen-bond donors (Lipinski definition) is 3. The molecule has 0 saturated carbocycles. The van der Waals surface area contributed by atoms with Crippen LogP contribution >= 0.6 is 11.3 Å². The molecule has 7 heteroatoms. The van der Waals surface area contributed by atoms with Crippen molar-refractivity contribution in [3.63, 3.8) is 0 Å². The molecule has 144 valence electrons. The fourth-order valence-corrected chi connectivity index (χ4v) is 4.96. The Labute approximate surface area is 165 Å². The largest absolute Gasteiger partial charge is 0.384 e. The molecule has 0 aromatic carbocycles. The Hall–Kier alpha value is -2.12. The number of hydrogen-bond acceptors (Lipinski definition) is 7. The molecular weight excluding hydrogens is 356 g/mol. The van der Waals surface area contributed by atoms with Gasteiger partial charge in [0, 0.05) is 56.1 Å². The van der Waals surface area contributed by atoms with Crippen molar-refractivity contribution in [3.8, 4) is 10.6 Å². The van der Waals surface area contributed by atoms with Crippen LogP contribution in [0.4, 0.5) is 10.9 Å². The number of nitrogens with one attached hydrogen (secondary N) is 3. The van der Waals surface area contributed by atoms with Crippen molar-refractivity contribution in [2.24, 2.45) is 0 Å². The van der Waals surface area contributed by atoms with Gasteiger partial charge in [-0.25, -0.2) is 9.97 Å². The van der Waals surface area contributed by atoms with E-state index in [4.69, 9.17) is 4.98 Å². The first-order valence-corrected chi connectivity index (χ1v) is 10.4. The maximum absolute atomic E-state index is 4.78. The predicted octanol–water partition coefficient (Wildman–Crippen LogP) is 3.07. The summed E-state index contributed by atoms with van der Waals surface area (Å²) in [5.74, 6) is 0.695. The van der Waals surface area contributed by atoms with E-state index in [0.717, 1.165) is 50.4 Å². The fourth-order valence-electron chi connectivity index (χ4n) is 3.94. The molecule has 0 spiro atoms. The molecular formula is C20H28N6S. The molecule has 4 rings (SSSR count). The minimum absolute atomic E-state index is 0.0383. The molecule has 2 aliphatic heterocycles. The molecule has 3 N–H and O–H groups in total. The van der Waals surface area contributed by atoms with Crippen molar-refractivity contribution in [3.05, 3.63) is 36.7 Å². The third-order valence-corrected chi connectivity index (χ3v) is 6.19. The normalized spacial score (nSPS) is 22.4. The monoisotopic (exact) mass is 384 g/mol. The van der Waals surface area contributed by atoms with Gasteiger partial charge in [0.1, 0.15) is 0 Å². The lowest BCUT2D eigenvalue weighted by molar-refractivity contribution is 0.324. The molecule has 1 unspecified atom stereocenters. The molecule has 2 fully saturated rings. The summed E-state index contributed by atoms with van der Waals surface area (Å²) in [5, 5.41) is 11.7. The molecule has 4 heterocycles. The smallest absolute Gasteiger partial charge is 0.223 e. The fraction of sp³-hybridized carbons (Fsp3) is 0.500. The zero-order valence-corrected chi connectivity index (χ0v) is 16.9. The minimum Gasteiger partial charge on any atom is -0.384 e. The van der Waals surface area contributed by atoms with Gasteiger partial charge in [0.05, 0.1) is 15.6 Å². The van der Waals surface area contributed by atoms with Gasteiger partial charge >= 0.3 is 0 Å². The van der Waals surface area contributed by atoms with Crippen molar-refractivity contribution < 1.29 is 0 Å². The van der Waals surface area contributed by atoms with Gasteiger partial charge in [-0.2, -0.15) is 0 Å². The van der Waals surface area contributed by atoms with E-state index in [1.165, 1.54) is 9.88 Å². The summed E-state index contributed by atoms with van der Waals surface area (Å²) >= 11 is 1.80. The van der Waals surface area contributed by atoms with Gasteiger partial charge < -0.3 is 20.9 Å².